The third kappa shape index (κ3) is 6.84. The van der Waals surface area contributed by atoms with E-state index in [2.05, 4.69) is 48.6 Å². The molecule has 11 heteroatoms. The molecule has 0 saturated heterocycles. The third-order valence-corrected chi connectivity index (χ3v) is 10.9. The number of para-hydroxylation sites is 2. The van der Waals surface area contributed by atoms with Crippen LogP contribution in [-0.2, 0) is 22.2 Å². The fraction of sp³-hybridized carbons (Fsp3) is 0.111. The summed E-state index contributed by atoms with van der Waals surface area (Å²) in [7, 11) is -8.24. The van der Waals surface area contributed by atoms with Gasteiger partial charge in [-0.3, -0.25) is 9.13 Å². The molecule has 0 unspecified atom stereocenters. The molecule has 7 aromatic rings. The van der Waals surface area contributed by atoms with Crippen molar-refractivity contribution < 1.29 is 28.7 Å². The number of benzene rings is 4. The summed E-state index contributed by atoms with van der Waals surface area (Å²) >= 11 is 1.68. The number of aromatic nitrogens is 2. The van der Waals surface area contributed by atoms with Gasteiger partial charge >= 0.3 is 15.2 Å². The minimum atomic E-state index is -4.12. The van der Waals surface area contributed by atoms with Crippen LogP contribution in [0.4, 0.5) is 0 Å². The summed E-state index contributed by atoms with van der Waals surface area (Å²) in [6.45, 7) is 0.483. The van der Waals surface area contributed by atoms with Gasteiger partial charge in [-0.05, 0) is 71.8 Å². The average molecular weight is 683 g/mol. The minimum absolute atomic E-state index is 0.210. The highest BCUT2D eigenvalue weighted by Crippen LogP contribution is 2.38. The van der Waals surface area contributed by atoms with Crippen molar-refractivity contribution in [3.63, 3.8) is 0 Å². The van der Waals surface area contributed by atoms with Crippen LogP contribution in [0.5, 0.6) is 0 Å². The Morgan fingerprint density at radius 2 is 0.915 bits per heavy atom. The highest BCUT2D eigenvalue weighted by atomic mass is 32.1. The summed E-state index contributed by atoms with van der Waals surface area (Å²) < 4.78 is 27.1. The second-order valence-corrected chi connectivity index (χ2v) is 16.3. The Bertz CT molecular complexity index is 2270. The number of nitrogens with zero attached hydrogens (tertiary/aromatic N) is 2. The van der Waals surface area contributed by atoms with Crippen molar-refractivity contribution in [1.29, 1.82) is 0 Å². The van der Waals surface area contributed by atoms with Gasteiger partial charge in [0.25, 0.3) is 0 Å². The first-order valence-electron chi connectivity index (χ1n) is 15.1. The molecule has 238 valence electrons. The van der Waals surface area contributed by atoms with Crippen molar-refractivity contribution in [3.8, 4) is 0 Å². The highest BCUT2D eigenvalue weighted by molar-refractivity contribution is 7.52. The Labute approximate surface area is 274 Å². The maximum atomic E-state index is 11.6. The Morgan fingerprint density at radius 3 is 1.34 bits per heavy atom. The Morgan fingerprint density at radius 1 is 0.511 bits per heavy atom. The Hall–Kier alpha value is -4.04. The molecule has 0 amide bonds. The predicted molar refractivity (Wildman–Crippen MR) is 195 cm³/mol. The lowest BCUT2D eigenvalue weighted by molar-refractivity contribution is 0.368. The normalized spacial score (nSPS) is 13.0. The number of hydrogen-bond acceptors (Lipinski definition) is 3. The molecule has 4 aromatic carbocycles. The first-order chi connectivity index (χ1) is 22.5. The third-order valence-electron chi connectivity index (χ3n) is 8.35. The molecule has 0 aliphatic carbocycles. The molecule has 0 fully saturated rings. The van der Waals surface area contributed by atoms with E-state index in [1.54, 1.807) is 11.3 Å². The van der Waals surface area contributed by atoms with Crippen LogP contribution < -0.4 is 0 Å². The maximum Gasteiger partial charge on any atom is 0.327 e. The Kier molecular flexibility index (Phi) is 8.41. The summed E-state index contributed by atoms with van der Waals surface area (Å²) in [6, 6.07) is 32.4. The molecule has 8 nitrogen and oxygen atoms in total. The van der Waals surface area contributed by atoms with Crippen LogP contribution in [0.3, 0.4) is 0 Å². The SMILES string of the molecule is O=P(O)(O)CCn1c2ccccc2c2cc(/C=C/c3ccc(/C=C/c4ccc5c(c4)c4ccccc4n5CCP(=O)(O)O)s3)ccc21. The summed E-state index contributed by atoms with van der Waals surface area (Å²) in [4.78, 5) is 40.0. The van der Waals surface area contributed by atoms with Gasteiger partial charge in [0, 0.05) is 66.5 Å². The zero-order chi connectivity index (χ0) is 32.8. The van der Waals surface area contributed by atoms with Crippen LogP contribution >= 0.6 is 26.5 Å². The van der Waals surface area contributed by atoms with Gasteiger partial charge in [-0.25, -0.2) is 0 Å². The topological polar surface area (TPSA) is 125 Å². The summed E-state index contributed by atoms with van der Waals surface area (Å²) in [5, 5.41) is 4.20. The van der Waals surface area contributed by atoms with Crippen LogP contribution in [0.1, 0.15) is 20.9 Å². The van der Waals surface area contributed by atoms with Gasteiger partial charge in [0.1, 0.15) is 0 Å². The lowest BCUT2D eigenvalue weighted by Gasteiger charge is -2.08. The number of thiophene rings is 1. The molecule has 7 rings (SSSR count). The van der Waals surface area contributed by atoms with Gasteiger partial charge in [0.05, 0.1) is 12.3 Å². The molecule has 0 bridgehead atoms. The maximum absolute atomic E-state index is 11.6. The number of rotatable bonds is 10. The first kappa shape index (κ1) is 31.6. The molecule has 3 heterocycles. The largest absolute Gasteiger partial charge is 0.340 e. The van der Waals surface area contributed by atoms with Crippen molar-refractivity contribution in [3.05, 3.63) is 118 Å². The molecular weight excluding hydrogens is 650 g/mol. The number of hydrogen-bond donors (Lipinski definition) is 4. The molecule has 0 radical (unpaired) electrons. The lowest BCUT2D eigenvalue weighted by atomic mass is 10.1. The predicted octanol–water partition coefficient (Wildman–Crippen LogP) is 8.66. The van der Waals surface area contributed by atoms with Crippen LogP contribution in [-0.4, -0.2) is 41.0 Å². The molecule has 4 N–H and O–H groups in total. The van der Waals surface area contributed by atoms with E-state index in [4.69, 9.17) is 0 Å². The van der Waals surface area contributed by atoms with Crippen LogP contribution in [0.25, 0.3) is 67.9 Å². The van der Waals surface area contributed by atoms with Crippen LogP contribution in [0.2, 0.25) is 0 Å². The van der Waals surface area contributed by atoms with E-state index < -0.39 is 15.2 Å². The van der Waals surface area contributed by atoms with Crippen molar-refractivity contribution in [2.24, 2.45) is 0 Å². The second-order valence-electron chi connectivity index (χ2n) is 11.6. The van der Waals surface area contributed by atoms with Gasteiger partial charge in [-0.2, -0.15) is 0 Å². The number of fused-ring (bicyclic) bond motifs is 6. The molecule has 0 aliphatic rings. The van der Waals surface area contributed by atoms with E-state index in [-0.39, 0.29) is 25.4 Å². The molecule has 0 aliphatic heterocycles. The van der Waals surface area contributed by atoms with Crippen molar-refractivity contribution in [2.75, 3.05) is 12.3 Å². The summed E-state index contributed by atoms with van der Waals surface area (Å²) in [5.74, 6) is 0. The van der Waals surface area contributed by atoms with Crippen molar-refractivity contribution in [1.82, 2.24) is 9.13 Å². The van der Waals surface area contributed by atoms with Crippen molar-refractivity contribution >= 4 is 94.4 Å². The van der Waals surface area contributed by atoms with Crippen molar-refractivity contribution in [2.45, 2.75) is 13.1 Å². The minimum Gasteiger partial charge on any atom is -0.340 e. The van der Waals surface area contributed by atoms with Crippen LogP contribution in [0, 0.1) is 0 Å². The van der Waals surface area contributed by atoms with E-state index >= 15 is 0 Å². The molecule has 47 heavy (non-hydrogen) atoms. The molecule has 0 saturated carbocycles. The second kappa shape index (κ2) is 12.5. The fourth-order valence-corrected chi connectivity index (χ4v) is 7.93. The average Bonchev–Trinajstić information content (AvgIpc) is 3.72. The highest BCUT2D eigenvalue weighted by Gasteiger charge is 2.18. The Balaban J connectivity index is 1.11. The molecular formula is C36H32N2O6P2S. The summed E-state index contributed by atoms with van der Waals surface area (Å²) in [5.41, 5.74) is 5.88. The van der Waals surface area contributed by atoms with Gasteiger partial charge in [-0.1, -0.05) is 60.7 Å². The molecule has 3 aromatic heterocycles. The van der Waals surface area contributed by atoms with E-state index in [1.807, 2.05) is 81.9 Å². The molecule has 0 spiro atoms. The molecule has 0 atom stereocenters. The van der Waals surface area contributed by atoms with E-state index in [1.165, 1.54) is 0 Å². The number of aryl methyl sites for hydroxylation is 2. The summed E-state index contributed by atoms with van der Waals surface area (Å²) in [6.07, 6.45) is 7.92. The van der Waals surface area contributed by atoms with E-state index in [9.17, 15) is 28.7 Å². The standard InChI is InChI=1S/C36H32N2O6P2S/c39-45(40,41)21-19-37-33-7-3-1-5-29(33)31-23-25(11-17-35(31)37)9-13-27-15-16-28(47-27)14-10-26-12-18-36-32(24-26)30-6-2-4-8-34(30)38(36)20-22-46(42,43)44/h1-18,23-24H,19-22H2,(H2,39,40,41)(H2,42,43,44)/b13-9+,14-10+. The lowest BCUT2D eigenvalue weighted by Crippen LogP contribution is -2.02. The quantitative estimate of drug-likeness (QED) is 0.107. The fourth-order valence-electron chi connectivity index (χ4n) is 6.20. The van der Waals surface area contributed by atoms with Crippen LogP contribution in [0.15, 0.2) is 97.1 Å². The monoisotopic (exact) mass is 682 g/mol. The smallest absolute Gasteiger partial charge is 0.327 e. The van der Waals surface area contributed by atoms with E-state index in [0.717, 1.165) is 64.5 Å². The van der Waals surface area contributed by atoms with Gasteiger partial charge in [0.2, 0.25) is 0 Å². The zero-order valence-corrected chi connectivity index (χ0v) is 27.8. The van der Waals surface area contributed by atoms with E-state index in [0.29, 0.717) is 0 Å². The van der Waals surface area contributed by atoms with Gasteiger partial charge in [0.15, 0.2) is 0 Å². The van der Waals surface area contributed by atoms with Gasteiger partial charge < -0.3 is 28.7 Å². The first-order valence-corrected chi connectivity index (χ1v) is 19.5. The van der Waals surface area contributed by atoms with Gasteiger partial charge in [-0.15, -0.1) is 11.3 Å². The zero-order valence-electron chi connectivity index (χ0n) is 25.2.